The molecule has 4 rings (SSSR count). The molecule has 3 heterocycles. The van der Waals surface area contributed by atoms with Crippen LogP contribution >= 0.6 is 23.1 Å². The summed E-state index contributed by atoms with van der Waals surface area (Å²) in [5.41, 5.74) is 5.78. The van der Waals surface area contributed by atoms with Crippen LogP contribution in [0.4, 0.5) is 5.82 Å². The van der Waals surface area contributed by atoms with Crippen LogP contribution in [-0.4, -0.2) is 30.6 Å². The molecule has 0 bridgehead atoms. The molecule has 0 atom stereocenters. The van der Waals surface area contributed by atoms with E-state index in [4.69, 9.17) is 5.73 Å². The number of thioether (sulfide) groups is 1. The molecule has 0 amide bonds. The first-order valence-corrected chi connectivity index (χ1v) is 10.6. The van der Waals surface area contributed by atoms with Crippen LogP contribution in [0.1, 0.15) is 33.0 Å². The van der Waals surface area contributed by atoms with Crippen LogP contribution in [0.2, 0.25) is 0 Å². The van der Waals surface area contributed by atoms with Gasteiger partial charge >= 0.3 is 5.69 Å². The van der Waals surface area contributed by atoms with Gasteiger partial charge in [-0.2, -0.15) is 0 Å². The monoisotopic (exact) mass is 417 g/mol. The van der Waals surface area contributed by atoms with Gasteiger partial charge in [0.1, 0.15) is 27.1 Å². The highest BCUT2D eigenvalue weighted by molar-refractivity contribution is 8.00. The average molecular weight is 418 g/mol. The van der Waals surface area contributed by atoms with Crippen LogP contribution in [-0.2, 0) is 26.9 Å². The third-order valence-electron chi connectivity index (χ3n) is 4.97. The van der Waals surface area contributed by atoms with Crippen molar-refractivity contribution in [3.05, 3.63) is 42.7 Å². The minimum absolute atomic E-state index is 0.00776. The average Bonchev–Trinajstić information content (AvgIpc) is 3.23. The molecule has 10 heteroatoms. The number of carbonyl (C=O) groups excluding carboxylic acids is 1. The van der Waals surface area contributed by atoms with Gasteiger partial charge in [0, 0.05) is 24.4 Å². The number of thiophene rings is 1. The Hall–Kier alpha value is -2.46. The smallest absolute Gasteiger partial charge is 0.332 e. The van der Waals surface area contributed by atoms with E-state index in [1.807, 2.05) is 6.92 Å². The topological polar surface area (TPSA) is 113 Å². The summed E-state index contributed by atoms with van der Waals surface area (Å²) in [7, 11) is 2.77. The lowest BCUT2D eigenvalue weighted by atomic mass is 10.2. The highest BCUT2D eigenvalue weighted by Gasteiger charge is 2.24. The Kier molecular flexibility index (Phi) is 4.62. The van der Waals surface area contributed by atoms with Gasteiger partial charge in [0.15, 0.2) is 5.78 Å². The number of anilines is 1. The number of aromatic nitrogens is 4. The lowest BCUT2D eigenvalue weighted by Crippen LogP contribution is -2.41. The van der Waals surface area contributed by atoms with Crippen LogP contribution in [0.3, 0.4) is 0 Å². The maximum absolute atomic E-state index is 12.8. The van der Waals surface area contributed by atoms with Crippen LogP contribution in [0.25, 0.3) is 10.2 Å². The molecule has 146 valence electrons. The number of nitrogens with zero attached hydrogens (tertiary/aromatic N) is 4. The molecule has 3 aromatic heterocycles. The van der Waals surface area contributed by atoms with E-state index < -0.39 is 17.0 Å². The molecule has 0 radical (unpaired) electrons. The van der Waals surface area contributed by atoms with Crippen molar-refractivity contribution in [1.82, 2.24) is 19.1 Å². The normalized spacial score (nSPS) is 13.2. The Morgan fingerprint density at radius 1 is 1.21 bits per heavy atom. The molecular formula is C18H19N5O3S2. The number of aryl methyl sites for hydroxylation is 3. The van der Waals surface area contributed by atoms with Crippen molar-refractivity contribution >= 4 is 44.9 Å². The van der Waals surface area contributed by atoms with Gasteiger partial charge in [0.05, 0.1) is 5.75 Å². The van der Waals surface area contributed by atoms with E-state index >= 15 is 0 Å². The summed E-state index contributed by atoms with van der Waals surface area (Å²) >= 11 is 2.98. The van der Waals surface area contributed by atoms with Crippen molar-refractivity contribution in [3.8, 4) is 0 Å². The second-order valence-electron chi connectivity index (χ2n) is 6.79. The molecule has 0 aliphatic heterocycles. The molecule has 3 aromatic rings. The van der Waals surface area contributed by atoms with Gasteiger partial charge in [0.2, 0.25) is 0 Å². The second kappa shape index (κ2) is 6.85. The van der Waals surface area contributed by atoms with Gasteiger partial charge in [-0.25, -0.2) is 14.8 Å². The van der Waals surface area contributed by atoms with Gasteiger partial charge in [-0.05, 0) is 31.7 Å². The molecule has 0 fully saturated rings. The number of Topliss-reactive ketones (excluding diaryl/α,β-unsaturated/α-hetero) is 1. The van der Waals surface area contributed by atoms with E-state index in [9.17, 15) is 14.4 Å². The first-order valence-electron chi connectivity index (χ1n) is 8.80. The molecule has 8 nitrogen and oxygen atoms in total. The summed E-state index contributed by atoms with van der Waals surface area (Å²) in [6, 6.07) is 0. The number of ketones is 1. The molecule has 0 saturated heterocycles. The number of carbonyl (C=O) groups is 1. The van der Waals surface area contributed by atoms with Crippen LogP contribution in [0, 0.1) is 6.92 Å². The Bertz CT molecular complexity index is 1260. The fraction of sp³-hybridized carbons (Fsp3) is 0.389. The van der Waals surface area contributed by atoms with Gasteiger partial charge in [-0.15, -0.1) is 11.3 Å². The number of rotatable bonds is 4. The minimum Gasteiger partial charge on any atom is -0.384 e. The zero-order valence-corrected chi connectivity index (χ0v) is 17.4. The first-order chi connectivity index (χ1) is 13.3. The first kappa shape index (κ1) is 18.9. The molecular weight excluding hydrogens is 398 g/mol. The van der Waals surface area contributed by atoms with E-state index in [0.717, 1.165) is 43.6 Å². The molecule has 1 aliphatic rings. The fourth-order valence-corrected chi connectivity index (χ4v) is 5.84. The third-order valence-corrected chi connectivity index (χ3v) is 7.13. The summed E-state index contributed by atoms with van der Waals surface area (Å²) in [4.78, 5) is 48.5. The molecule has 2 N–H and O–H groups in total. The quantitative estimate of drug-likeness (QED) is 0.388. The van der Waals surface area contributed by atoms with E-state index in [1.54, 1.807) is 11.3 Å². The predicted molar refractivity (Wildman–Crippen MR) is 111 cm³/mol. The van der Waals surface area contributed by atoms with Gasteiger partial charge in [0.25, 0.3) is 5.56 Å². The Morgan fingerprint density at radius 3 is 2.71 bits per heavy atom. The van der Waals surface area contributed by atoms with E-state index in [2.05, 4.69) is 9.97 Å². The number of nitrogen functional groups attached to an aromatic ring is 1. The fourth-order valence-electron chi connectivity index (χ4n) is 3.50. The number of nitrogens with two attached hydrogens (primary N) is 1. The van der Waals surface area contributed by atoms with E-state index in [1.165, 1.54) is 36.3 Å². The summed E-state index contributed by atoms with van der Waals surface area (Å²) in [5.74, 6) is 0.127. The third kappa shape index (κ3) is 2.87. The molecule has 0 saturated carbocycles. The van der Waals surface area contributed by atoms with Crippen molar-refractivity contribution in [2.75, 3.05) is 11.5 Å². The molecule has 28 heavy (non-hydrogen) atoms. The van der Waals surface area contributed by atoms with Crippen molar-refractivity contribution < 1.29 is 4.79 Å². The standard InChI is InChI=1S/C18H19N5O3S2/c1-8-20-15(12-9-5-4-6-11(9)28-16(12)21-8)27-7-10(24)13-14(19)22(2)18(26)23(3)17(13)25/h4-7,19H2,1-3H3. The van der Waals surface area contributed by atoms with Gasteiger partial charge in [-0.1, -0.05) is 11.8 Å². The lowest BCUT2D eigenvalue weighted by molar-refractivity contribution is 0.102. The van der Waals surface area contributed by atoms with Crippen LogP contribution in [0.5, 0.6) is 0 Å². The van der Waals surface area contributed by atoms with Gasteiger partial charge in [-0.3, -0.25) is 18.7 Å². The molecule has 0 aromatic carbocycles. The van der Waals surface area contributed by atoms with Gasteiger partial charge < -0.3 is 5.73 Å². The largest absolute Gasteiger partial charge is 0.384 e. The second-order valence-corrected chi connectivity index (χ2v) is 8.84. The number of hydrogen-bond donors (Lipinski definition) is 1. The highest BCUT2D eigenvalue weighted by atomic mass is 32.2. The van der Waals surface area contributed by atoms with E-state index in [0.29, 0.717) is 5.82 Å². The predicted octanol–water partition coefficient (Wildman–Crippen LogP) is 1.44. The van der Waals surface area contributed by atoms with Crippen molar-refractivity contribution in [1.29, 1.82) is 0 Å². The SMILES string of the molecule is Cc1nc(SCC(=O)c2c(N)n(C)c(=O)n(C)c2=O)c2c3c(sc2n1)CCC3. The summed E-state index contributed by atoms with van der Waals surface area (Å²) in [6.07, 6.45) is 3.18. The highest BCUT2D eigenvalue weighted by Crippen LogP contribution is 2.40. The van der Waals surface area contributed by atoms with E-state index in [-0.39, 0.29) is 17.1 Å². The Balaban J connectivity index is 1.71. The summed E-state index contributed by atoms with van der Waals surface area (Å²) < 4.78 is 2.01. The zero-order chi connectivity index (χ0) is 20.2. The van der Waals surface area contributed by atoms with Crippen LogP contribution < -0.4 is 17.0 Å². The van der Waals surface area contributed by atoms with Crippen LogP contribution in [0.15, 0.2) is 14.6 Å². The Labute approximate surface area is 168 Å². The van der Waals surface area contributed by atoms with Crippen molar-refractivity contribution in [2.24, 2.45) is 14.1 Å². The molecule has 1 aliphatic carbocycles. The van der Waals surface area contributed by atoms with Crippen molar-refractivity contribution in [3.63, 3.8) is 0 Å². The summed E-state index contributed by atoms with van der Waals surface area (Å²) in [6.45, 7) is 1.83. The lowest BCUT2D eigenvalue weighted by Gasteiger charge is -2.11. The van der Waals surface area contributed by atoms with Crippen molar-refractivity contribution in [2.45, 2.75) is 31.2 Å². The maximum atomic E-state index is 12.8. The minimum atomic E-state index is -0.674. The molecule has 0 unspecified atom stereocenters. The Morgan fingerprint density at radius 2 is 1.96 bits per heavy atom. The zero-order valence-electron chi connectivity index (χ0n) is 15.7. The number of hydrogen-bond acceptors (Lipinski definition) is 8. The maximum Gasteiger partial charge on any atom is 0.332 e. The number of fused-ring (bicyclic) bond motifs is 3. The molecule has 0 spiro atoms. The summed E-state index contributed by atoms with van der Waals surface area (Å²) in [5, 5.41) is 1.79.